The van der Waals surface area contributed by atoms with Crippen LogP contribution >= 0.6 is 0 Å². The van der Waals surface area contributed by atoms with Crippen LogP contribution in [0.5, 0.6) is 0 Å². The summed E-state index contributed by atoms with van der Waals surface area (Å²) in [4.78, 5) is 13.9. The monoisotopic (exact) mass is 404 g/mol. The number of fused-ring (bicyclic) bond motifs is 2. The molecule has 4 aromatic rings. The standard InChI is InChI=1S/C24H32N6/c1-15(2)20-10-9-19(23-27-14-28-30(20)23)17(5)7-8-18(6)21-13-26-22(16(3)4)24-25-11-12-29(21)24/h9-18H,7-8H2,1-6H3. The molecule has 0 amide bonds. The lowest BCUT2D eigenvalue weighted by atomic mass is 9.91. The zero-order valence-corrected chi connectivity index (χ0v) is 18.9. The molecule has 0 saturated carbocycles. The normalized spacial score (nSPS) is 14.3. The summed E-state index contributed by atoms with van der Waals surface area (Å²) in [7, 11) is 0. The zero-order valence-electron chi connectivity index (χ0n) is 18.9. The highest BCUT2D eigenvalue weighted by Crippen LogP contribution is 2.31. The van der Waals surface area contributed by atoms with Gasteiger partial charge in [-0.1, -0.05) is 47.6 Å². The van der Waals surface area contributed by atoms with Gasteiger partial charge in [0, 0.05) is 30.0 Å². The minimum Gasteiger partial charge on any atom is -0.301 e. The highest BCUT2D eigenvalue weighted by atomic mass is 15.3. The SMILES string of the molecule is CC(C)c1ncc(C(C)CCC(C)c2ccc(C(C)C)n3ncnc23)n2ccnc12. The number of pyridine rings is 1. The number of imidazole rings is 1. The molecule has 6 nitrogen and oxygen atoms in total. The van der Waals surface area contributed by atoms with Crippen molar-refractivity contribution in [1.29, 1.82) is 0 Å². The van der Waals surface area contributed by atoms with Crippen molar-refractivity contribution < 1.29 is 0 Å². The van der Waals surface area contributed by atoms with Gasteiger partial charge in [-0.2, -0.15) is 5.10 Å². The largest absolute Gasteiger partial charge is 0.301 e. The fraction of sp³-hybridized carbons (Fsp3) is 0.500. The quantitative estimate of drug-likeness (QED) is 0.396. The molecule has 6 heteroatoms. The molecule has 0 aliphatic rings. The fourth-order valence-electron chi connectivity index (χ4n) is 4.30. The number of hydrogen-bond donors (Lipinski definition) is 0. The lowest BCUT2D eigenvalue weighted by Crippen LogP contribution is -2.09. The molecule has 0 saturated heterocycles. The summed E-state index contributed by atoms with van der Waals surface area (Å²) in [6, 6.07) is 4.44. The van der Waals surface area contributed by atoms with Crippen LogP contribution in [0.4, 0.5) is 0 Å². The molecule has 0 aliphatic heterocycles. The molecule has 0 bridgehead atoms. The molecule has 0 fully saturated rings. The van der Waals surface area contributed by atoms with Crippen molar-refractivity contribution >= 4 is 11.3 Å². The molecular weight excluding hydrogens is 372 g/mol. The van der Waals surface area contributed by atoms with Crippen LogP contribution < -0.4 is 0 Å². The second kappa shape index (κ2) is 8.17. The van der Waals surface area contributed by atoms with E-state index in [1.165, 1.54) is 17.0 Å². The summed E-state index contributed by atoms with van der Waals surface area (Å²) in [5, 5.41) is 4.46. The molecular formula is C24H32N6. The predicted molar refractivity (Wildman–Crippen MR) is 120 cm³/mol. The minimum absolute atomic E-state index is 0.360. The topological polar surface area (TPSA) is 60.4 Å². The van der Waals surface area contributed by atoms with Gasteiger partial charge in [0.25, 0.3) is 0 Å². The summed E-state index contributed by atoms with van der Waals surface area (Å²) < 4.78 is 4.22. The maximum atomic E-state index is 4.74. The van der Waals surface area contributed by atoms with Crippen molar-refractivity contribution in [3.05, 3.63) is 59.7 Å². The summed E-state index contributed by atoms with van der Waals surface area (Å²) in [5.74, 6) is 1.57. The smallest absolute Gasteiger partial charge is 0.159 e. The number of rotatable bonds is 7. The summed E-state index contributed by atoms with van der Waals surface area (Å²) in [6.45, 7) is 13.3. The molecule has 4 heterocycles. The molecule has 2 atom stereocenters. The summed E-state index contributed by atoms with van der Waals surface area (Å²) >= 11 is 0. The lowest BCUT2D eigenvalue weighted by molar-refractivity contribution is 0.559. The van der Waals surface area contributed by atoms with Crippen LogP contribution in [0.15, 0.2) is 37.1 Å². The highest BCUT2D eigenvalue weighted by molar-refractivity contribution is 5.50. The molecule has 158 valence electrons. The van der Waals surface area contributed by atoms with E-state index in [0.717, 1.165) is 29.8 Å². The molecule has 0 radical (unpaired) electrons. The Morgan fingerprint density at radius 1 is 0.800 bits per heavy atom. The van der Waals surface area contributed by atoms with Crippen LogP contribution in [0.1, 0.15) is 101 Å². The van der Waals surface area contributed by atoms with Gasteiger partial charge in [0.15, 0.2) is 11.3 Å². The first-order chi connectivity index (χ1) is 14.4. The Kier molecular flexibility index (Phi) is 5.58. The van der Waals surface area contributed by atoms with E-state index in [-0.39, 0.29) is 0 Å². The van der Waals surface area contributed by atoms with Crippen molar-refractivity contribution in [3.8, 4) is 0 Å². The third kappa shape index (κ3) is 3.59. The van der Waals surface area contributed by atoms with Crippen LogP contribution in [-0.2, 0) is 0 Å². The number of hydrogen-bond acceptors (Lipinski definition) is 4. The van der Waals surface area contributed by atoms with Crippen LogP contribution in [0, 0.1) is 0 Å². The van der Waals surface area contributed by atoms with Crippen LogP contribution in [0.2, 0.25) is 0 Å². The van der Waals surface area contributed by atoms with Gasteiger partial charge in [-0.05, 0) is 48.1 Å². The lowest BCUT2D eigenvalue weighted by Gasteiger charge is -2.19. The Morgan fingerprint density at radius 3 is 2.30 bits per heavy atom. The molecule has 0 aromatic carbocycles. The van der Waals surface area contributed by atoms with Gasteiger partial charge in [-0.25, -0.2) is 14.5 Å². The molecule has 0 aliphatic carbocycles. The fourth-order valence-corrected chi connectivity index (χ4v) is 4.30. The van der Waals surface area contributed by atoms with Gasteiger partial charge in [-0.15, -0.1) is 0 Å². The summed E-state index contributed by atoms with van der Waals surface area (Å²) in [5.41, 5.74) is 6.72. The molecule has 30 heavy (non-hydrogen) atoms. The van der Waals surface area contributed by atoms with E-state index < -0.39 is 0 Å². The van der Waals surface area contributed by atoms with Crippen molar-refractivity contribution in [2.24, 2.45) is 0 Å². The molecule has 0 spiro atoms. The second-order valence-electron chi connectivity index (χ2n) is 9.09. The van der Waals surface area contributed by atoms with E-state index >= 15 is 0 Å². The van der Waals surface area contributed by atoms with Gasteiger partial charge in [0.2, 0.25) is 0 Å². The Morgan fingerprint density at radius 2 is 1.57 bits per heavy atom. The van der Waals surface area contributed by atoms with Gasteiger partial charge >= 0.3 is 0 Å². The average molecular weight is 405 g/mol. The number of nitrogens with zero attached hydrogens (tertiary/aromatic N) is 6. The predicted octanol–water partition coefficient (Wildman–Crippen LogP) is 5.71. The Labute approximate surface area is 178 Å². The first-order valence-electron chi connectivity index (χ1n) is 11.0. The van der Waals surface area contributed by atoms with Crippen molar-refractivity contribution in [2.45, 2.75) is 78.1 Å². The molecule has 0 N–H and O–H groups in total. The average Bonchev–Trinajstić information content (AvgIpc) is 3.39. The van der Waals surface area contributed by atoms with E-state index in [2.05, 4.69) is 79.3 Å². The van der Waals surface area contributed by atoms with Crippen molar-refractivity contribution in [1.82, 2.24) is 29.0 Å². The first-order valence-corrected chi connectivity index (χ1v) is 11.0. The van der Waals surface area contributed by atoms with E-state index in [9.17, 15) is 0 Å². The molecule has 2 unspecified atom stereocenters. The van der Waals surface area contributed by atoms with Gasteiger partial charge < -0.3 is 4.40 Å². The maximum Gasteiger partial charge on any atom is 0.159 e. The van der Waals surface area contributed by atoms with Crippen LogP contribution in [-0.4, -0.2) is 29.0 Å². The van der Waals surface area contributed by atoms with Crippen LogP contribution in [0.3, 0.4) is 0 Å². The molecule has 4 rings (SSSR count). The van der Waals surface area contributed by atoms with Gasteiger partial charge in [0.1, 0.15) is 6.33 Å². The van der Waals surface area contributed by atoms with Crippen molar-refractivity contribution in [3.63, 3.8) is 0 Å². The first kappa shape index (κ1) is 20.5. The Bertz CT molecular complexity index is 1060. The second-order valence-corrected chi connectivity index (χ2v) is 9.09. The Balaban J connectivity index is 1.54. The maximum absolute atomic E-state index is 4.74. The summed E-state index contributed by atoms with van der Waals surface area (Å²) in [6.07, 6.45) is 9.78. The van der Waals surface area contributed by atoms with E-state index in [1.54, 1.807) is 6.33 Å². The number of aromatic nitrogens is 6. The molecule has 4 aromatic heterocycles. The van der Waals surface area contributed by atoms with E-state index in [4.69, 9.17) is 4.98 Å². The highest BCUT2D eigenvalue weighted by Gasteiger charge is 2.19. The van der Waals surface area contributed by atoms with E-state index in [1.807, 2.05) is 16.9 Å². The third-order valence-electron chi connectivity index (χ3n) is 6.18. The minimum atomic E-state index is 0.360. The van der Waals surface area contributed by atoms with Gasteiger partial charge in [0.05, 0.1) is 5.69 Å². The van der Waals surface area contributed by atoms with Crippen LogP contribution in [0.25, 0.3) is 11.3 Å². The zero-order chi connectivity index (χ0) is 21.4. The third-order valence-corrected chi connectivity index (χ3v) is 6.18. The Hall–Kier alpha value is -2.76. The van der Waals surface area contributed by atoms with Gasteiger partial charge in [-0.3, -0.25) is 4.98 Å². The van der Waals surface area contributed by atoms with E-state index in [0.29, 0.717) is 23.7 Å². The van der Waals surface area contributed by atoms with Crippen molar-refractivity contribution in [2.75, 3.05) is 0 Å².